The summed E-state index contributed by atoms with van der Waals surface area (Å²) in [5.74, 6) is 0.880. The second kappa shape index (κ2) is 2.73. The largest absolute Gasteiger partial charge is 0.368 e. The van der Waals surface area contributed by atoms with Crippen LogP contribution in [0.5, 0.6) is 0 Å². The number of hydrogen-bond acceptors (Lipinski definition) is 3. The second-order valence-corrected chi connectivity index (χ2v) is 3.77. The van der Waals surface area contributed by atoms with Gasteiger partial charge < -0.3 is 5.32 Å². The highest BCUT2D eigenvalue weighted by atomic mass is 15.2. The Morgan fingerprint density at radius 2 is 2.42 bits per heavy atom. The highest BCUT2D eigenvalue weighted by molar-refractivity contribution is 5.32. The lowest BCUT2D eigenvalue weighted by Gasteiger charge is -2.08. The molecule has 1 saturated carbocycles. The predicted molar refractivity (Wildman–Crippen MR) is 47.9 cm³/mol. The van der Waals surface area contributed by atoms with E-state index >= 15 is 0 Å². The molecule has 1 fully saturated rings. The molecule has 0 aliphatic heterocycles. The van der Waals surface area contributed by atoms with Crippen molar-refractivity contribution in [3.8, 4) is 0 Å². The molecule has 0 radical (unpaired) electrons. The lowest BCUT2D eigenvalue weighted by atomic mass is 10.1. The predicted octanol–water partition coefficient (Wildman–Crippen LogP) is 1.69. The van der Waals surface area contributed by atoms with Crippen LogP contribution in [0.15, 0.2) is 18.3 Å². The van der Waals surface area contributed by atoms with E-state index in [0.717, 1.165) is 12.4 Å². The number of nitrogens with zero attached hydrogens (tertiary/aromatic N) is 2. The quantitative estimate of drug-likeness (QED) is 0.736. The zero-order chi connectivity index (χ0) is 8.44. The Hall–Kier alpha value is -1.12. The second-order valence-electron chi connectivity index (χ2n) is 3.77. The SMILES string of the molecule is CC1(CNc2cccnn2)CC1. The first-order chi connectivity index (χ1) is 5.79. The number of aromatic nitrogens is 2. The van der Waals surface area contributed by atoms with Crippen molar-refractivity contribution < 1.29 is 0 Å². The third-order valence-corrected chi connectivity index (χ3v) is 2.37. The zero-order valence-corrected chi connectivity index (χ0v) is 7.25. The summed E-state index contributed by atoms with van der Waals surface area (Å²) in [6.45, 7) is 3.31. The number of anilines is 1. The average molecular weight is 163 g/mol. The van der Waals surface area contributed by atoms with Gasteiger partial charge in [0.15, 0.2) is 0 Å². The molecule has 0 spiro atoms. The Morgan fingerprint density at radius 3 is 3.00 bits per heavy atom. The van der Waals surface area contributed by atoms with Gasteiger partial charge in [-0.05, 0) is 30.4 Å². The Labute approximate surface area is 72.2 Å². The summed E-state index contributed by atoms with van der Waals surface area (Å²) in [5, 5.41) is 11.0. The summed E-state index contributed by atoms with van der Waals surface area (Å²) in [6.07, 6.45) is 4.35. The lowest BCUT2D eigenvalue weighted by molar-refractivity contribution is 0.608. The van der Waals surface area contributed by atoms with Crippen molar-refractivity contribution in [3.63, 3.8) is 0 Å². The van der Waals surface area contributed by atoms with Crippen LogP contribution < -0.4 is 5.32 Å². The number of rotatable bonds is 3. The van der Waals surface area contributed by atoms with Gasteiger partial charge in [-0.1, -0.05) is 6.92 Å². The Balaban J connectivity index is 1.88. The van der Waals surface area contributed by atoms with Gasteiger partial charge in [0.1, 0.15) is 5.82 Å². The van der Waals surface area contributed by atoms with Crippen LogP contribution in [0.4, 0.5) is 5.82 Å². The lowest BCUT2D eigenvalue weighted by Crippen LogP contribution is -2.12. The van der Waals surface area contributed by atoms with E-state index in [1.807, 2.05) is 12.1 Å². The molecule has 64 valence electrons. The molecule has 3 heteroatoms. The van der Waals surface area contributed by atoms with E-state index in [4.69, 9.17) is 0 Å². The highest BCUT2D eigenvalue weighted by Gasteiger charge is 2.36. The maximum atomic E-state index is 3.95. The summed E-state index contributed by atoms with van der Waals surface area (Å²) >= 11 is 0. The van der Waals surface area contributed by atoms with Crippen LogP contribution in [0, 0.1) is 5.41 Å². The highest BCUT2D eigenvalue weighted by Crippen LogP contribution is 2.44. The van der Waals surface area contributed by atoms with Gasteiger partial charge in [0.25, 0.3) is 0 Å². The maximum absolute atomic E-state index is 3.95. The van der Waals surface area contributed by atoms with Gasteiger partial charge in [0.05, 0.1) is 0 Å². The molecule has 1 N–H and O–H groups in total. The first-order valence-corrected chi connectivity index (χ1v) is 4.30. The third-order valence-electron chi connectivity index (χ3n) is 2.37. The van der Waals surface area contributed by atoms with E-state index in [1.54, 1.807) is 6.20 Å². The van der Waals surface area contributed by atoms with E-state index in [1.165, 1.54) is 12.8 Å². The summed E-state index contributed by atoms with van der Waals surface area (Å²) in [6, 6.07) is 3.84. The standard InChI is InChI=1S/C9H13N3/c1-9(4-5-9)7-10-8-3-2-6-11-12-8/h2-3,6H,4-5,7H2,1H3,(H,10,12). The monoisotopic (exact) mass is 163 g/mol. The fourth-order valence-electron chi connectivity index (χ4n) is 1.09. The third kappa shape index (κ3) is 1.72. The van der Waals surface area contributed by atoms with Crippen molar-refractivity contribution in [2.45, 2.75) is 19.8 Å². The number of nitrogens with one attached hydrogen (secondary N) is 1. The summed E-state index contributed by atoms with van der Waals surface area (Å²) < 4.78 is 0. The molecule has 0 atom stereocenters. The van der Waals surface area contributed by atoms with Crippen LogP contribution in [0.3, 0.4) is 0 Å². The number of hydrogen-bond donors (Lipinski definition) is 1. The van der Waals surface area contributed by atoms with Crippen molar-refractivity contribution in [3.05, 3.63) is 18.3 Å². The van der Waals surface area contributed by atoms with Crippen LogP contribution in [-0.4, -0.2) is 16.7 Å². The smallest absolute Gasteiger partial charge is 0.148 e. The molecule has 0 amide bonds. The van der Waals surface area contributed by atoms with Crippen molar-refractivity contribution in [1.82, 2.24) is 10.2 Å². The molecule has 1 aliphatic rings. The molecule has 1 heterocycles. The van der Waals surface area contributed by atoms with Crippen molar-refractivity contribution in [1.29, 1.82) is 0 Å². The molecule has 1 aromatic rings. The molecule has 0 aromatic carbocycles. The minimum absolute atomic E-state index is 0.525. The van der Waals surface area contributed by atoms with Crippen LogP contribution in [0.25, 0.3) is 0 Å². The Morgan fingerprint density at radius 1 is 1.58 bits per heavy atom. The average Bonchev–Trinajstić information content (AvgIpc) is 2.84. The van der Waals surface area contributed by atoms with Gasteiger partial charge in [0, 0.05) is 12.7 Å². The molecule has 2 rings (SSSR count). The van der Waals surface area contributed by atoms with E-state index in [0.29, 0.717) is 5.41 Å². The van der Waals surface area contributed by atoms with Gasteiger partial charge in [0.2, 0.25) is 0 Å². The van der Waals surface area contributed by atoms with Crippen molar-refractivity contribution in [2.24, 2.45) is 5.41 Å². The molecule has 0 bridgehead atoms. The van der Waals surface area contributed by atoms with Gasteiger partial charge in [-0.2, -0.15) is 5.10 Å². The first-order valence-electron chi connectivity index (χ1n) is 4.30. The van der Waals surface area contributed by atoms with Crippen LogP contribution >= 0.6 is 0 Å². The Kier molecular flexibility index (Phi) is 1.71. The Bertz CT molecular complexity index is 254. The van der Waals surface area contributed by atoms with Gasteiger partial charge >= 0.3 is 0 Å². The van der Waals surface area contributed by atoms with E-state index in [9.17, 15) is 0 Å². The molecule has 1 aliphatic carbocycles. The minimum Gasteiger partial charge on any atom is -0.368 e. The minimum atomic E-state index is 0.525. The summed E-state index contributed by atoms with van der Waals surface area (Å²) in [7, 11) is 0. The zero-order valence-electron chi connectivity index (χ0n) is 7.25. The molecule has 1 aromatic heterocycles. The van der Waals surface area contributed by atoms with Gasteiger partial charge in [-0.15, -0.1) is 5.10 Å². The van der Waals surface area contributed by atoms with Crippen LogP contribution in [-0.2, 0) is 0 Å². The normalized spacial score (nSPS) is 18.8. The fourth-order valence-corrected chi connectivity index (χ4v) is 1.09. The van der Waals surface area contributed by atoms with Crippen molar-refractivity contribution in [2.75, 3.05) is 11.9 Å². The van der Waals surface area contributed by atoms with Gasteiger partial charge in [-0.25, -0.2) is 0 Å². The van der Waals surface area contributed by atoms with E-state index in [2.05, 4.69) is 22.4 Å². The summed E-state index contributed by atoms with van der Waals surface area (Å²) in [5.41, 5.74) is 0.525. The maximum Gasteiger partial charge on any atom is 0.148 e. The first kappa shape index (κ1) is 7.53. The molecule has 0 unspecified atom stereocenters. The van der Waals surface area contributed by atoms with E-state index in [-0.39, 0.29) is 0 Å². The fraction of sp³-hybridized carbons (Fsp3) is 0.556. The van der Waals surface area contributed by atoms with Gasteiger partial charge in [-0.3, -0.25) is 0 Å². The topological polar surface area (TPSA) is 37.8 Å². The summed E-state index contributed by atoms with van der Waals surface area (Å²) in [4.78, 5) is 0. The van der Waals surface area contributed by atoms with Crippen molar-refractivity contribution >= 4 is 5.82 Å². The van der Waals surface area contributed by atoms with Crippen LogP contribution in [0.1, 0.15) is 19.8 Å². The molecule has 12 heavy (non-hydrogen) atoms. The molecule has 3 nitrogen and oxygen atoms in total. The molecular weight excluding hydrogens is 150 g/mol. The van der Waals surface area contributed by atoms with Crippen LogP contribution in [0.2, 0.25) is 0 Å². The van der Waals surface area contributed by atoms with E-state index < -0.39 is 0 Å². The molecular formula is C9H13N3. The molecule has 0 saturated heterocycles.